The third kappa shape index (κ3) is 1.99. The molecule has 2 aromatic heterocycles. The molecule has 0 spiro atoms. The van der Waals surface area contributed by atoms with Crippen molar-refractivity contribution in [2.75, 3.05) is 0 Å². The Kier molecular flexibility index (Phi) is 2.78. The molecule has 0 bridgehead atoms. The van der Waals surface area contributed by atoms with E-state index in [1.807, 2.05) is 13.8 Å². The summed E-state index contributed by atoms with van der Waals surface area (Å²) in [4.78, 5) is 15.7. The highest BCUT2D eigenvalue weighted by atomic mass is 35.5. The Balaban J connectivity index is 2.44. The Morgan fingerprint density at radius 1 is 1.56 bits per heavy atom. The molecule has 0 aliphatic rings. The number of carbonyl (C=O) groups is 1. The topological polar surface area (TPSA) is 59.3 Å². The van der Waals surface area contributed by atoms with Crippen LogP contribution in [0.1, 0.15) is 24.2 Å². The van der Waals surface area contributed by atoms with Gasteiger partial charge in [-0.25, -0.2) is 9.50 Å². The summed E-state index contributed by atoms with van der Waals surface area (Å²) in [5.41, 5.74) is 1.15. The van der Waals surface area contributed by atoms with Crippen molar-refractivity contribution in [3.05, 3.63) is 29.3 Å². The lowest BCUT2D eigenvalue weighted by Crippen LogP contribution is -2.29. The van der Waals surface area contributed by atoms with Gasteiger partial charge in [-0.15, -0.1) is 0 Å². The SMILES string of the molecule is CC(C)NC(=O)c1cnn2cnc(Cl)cc12. The maximum absolute atomic E-state index is 11.8. The number of nitrogens with one attached hydrogen (secondary N) is 1. The van der Waals surface area contributed by atoms with E-state index in [4.69, 9.17) is 11.6 Å². The first kappa shape index (κ1) is 10.9. The highest BCUT2D eigenvalue weighted by Gasteiger charge is 2.13. The van der Waals surface area contributed by atoms with Crippen molar-refractivity contribution in [3.8, 4) is 0 Å². The molecular weight excluding hydrogens is 228 g/mol. The van der Waals surface area contributed by atoms with Crippen molar-refractivity contribution >= 4 is 23.0 Å². The molecule has 2 heterocycles. The number of rotatable bonds is 2. The molecular formula is C10H11ClN4O. The van der Waals surface area contributed by atoms with E-state index in [0.29, 0.717) is 16.2 Å². The van der Waals surface area contributed by atoms with E-state index in [0.717, 1.165) is 0 Å². The fourth-order valence-electron chi connectivity index (χ4n) is 1.38. The van der Waals surface area contributed by atoms with Gasteiger partial charge in [-0.1, -0.05) is 11.6 Å². The zero-order valence-corrected chi connectivity index (χ0v) is 9.69. The molecule has 0 aliphatic carbocycles. The minimum Gasteiger partial charge on any atom is -0.350 e. The molecule has 2 rings (SSSR count). The molecule has 5 nitrogen and oxygen atoms in total. The normalized spacial score (nSPS) is 11.0. The molecule has 0 aliphatic heterocycles. The zero-order valence-electron chi connectivity index (χ0n) is 8.94. The number of nitrogens with zero attached hydrogens (tertiary/aromatic N) is 3. The minimum absolute atomic E-state index is 0.0831. The van der Waals surface area contributed by atoms with E-state index in [2.05, 4.69) is 15.4 Å². The number of carbonyl (C=O) groups excluding carboxylic acids is 1. The van der Waals surface area contributed by atoms with Gasteiger partial charge in [-0.3, -0.25) is 4.79 Å². The molecule has 0 fully saturated rings. The third-order valence-electron chi connectivity index (χ3n) is 2.04. The molecule has 84 valence electrons. The van der Waals surface area contributed by atoms with E-state index < -0.39 is 0 Å². The van der Waals surface area contributed by atoms with Gasteiger partial charge < -0.3 is 5.32 Å². The van der Waals surface area contributed by atoms with Crippen molar-refractivity contribution in [2.24, 2.45) is 0 Å². The lowest BCUT2D eigenvalue weighted by molar-refractivity contribution is 0.0945. The summed E-state index contributed by atoms with van der Waals surface area (Å²) in [6.07, 6.45) is 2.98. The first-order chi connectivity index (χ1) is 7.58. The molecule has 0 unspecified atom stereocenters. The molecule has 1 N–H and O–H groups in total. The molecule has 0 aromatic carbocycles. The van der Waals surface area contributed by atoms with Crippen LogP contribution in [0.25, 0.3) is 5.52 Å². The van der Waals surface area contributed by atoms with Gasteiger partial charge in [-0.05, 0) is 13.8 Å². The summed E-state index contributed by atoms with van der Waals surface area (Å²) >= 11 is 5.77. The number of aromatic nitrogens is 3. The lowest BCUT2D eigenvalue weighted by Gasteiger charge is -2.06. The first-order valence-corrected chi connectivity index (χ1v) is 5.25. The predicted molar refractivity (Wildman–Crippen MR) is 60.6 cm³/mol. The minimum atomic E-state index is -0.160. The van der Waals surface area contributed by atoms with Gasteiger partial charge in [0, 0.05) is 12.1 Å². The van der Waals surface area contributed by atoms with Gasteiger partial charge >= 0.3 is 0 Å². The van der Waals surface area contributed by atoms with Crippen molar-refractivity contribution in [1.29, 1.82) is 0 Å². The van der Waals surface area contributed by atoms with Gasteiger partial charge in [0.25, 0.3) is 5.91 Å². The molecule has 0 saturated heterocycles. The Morgan fingerprint density at radius 3 is 3.00 bits per heavy atom. The average molecular weight is 239 g/mol. The number of amides is 1. The Bertz CT molecular complexity index is 535. The Morgan fingerprint density at radius 2 is 2.31 bits per heavy atom. The van der Waals surface area contributed by atoms with Crippen molar-refractivity contribution in [2.45, 2.75) is 19.9 Å². The van der Waals surface area contributed by atoms with Gasteiger partial charge in [0.2, 0.25) is 0 Å². The van der Waals surface area contributed by atoms with Crippen LogP contribution in [-0.4, -0.2) is 26.5 Å². The predicted octanol–water partition coefficient (Wildman–Crippen LogP) is 1.52. The Labute approximate surface area is 97.4 Å². The van der Waals surface area contributed by atoms with E-state index in [1.54, 1.807) is 6.07 Å². The molecule has 0 radical (unpaired) electrons. The van der Waals surface area contributed by atoms with Crippen LogP contribution in [0.2, 0.25) is 5.15 Å². The van der Waals surface area contributed by atoms with Crippen LogP contribution < -0.4 is 5.32 Å². The maximum Gasteiger partial charge on any atom is 0.255 e. The van der Waals surface area contributed by atoms with Crippen LogP contribution in [0.3, 0.4) is 0 Å². The standard InChI is InChI=1S/C10H11ClN4O/c1-6(2)14-10(16)7-4-13-15-5-12-9(11)3-8(7)15/h3-6H,1-2H3,(H,14,16). The lowest BCUT2D eigenvalue weighted by atomic mass is 10.2. The van der Waals surface area contributed by atoms with E-state index >= 15 is 0 Å². The van der Waals surface area contributed by atoms with E-state index in [-0.39, 0.29) is 11.9 Å². The van der Waals surface area contributed by atoms with Crippen LogP contribution in [0, 0.1) is 0 Å². The van der Waals surface area contributed by atoms with Crippen LogP contribution >= 0.6 is 11.6 Å². The van der Waals surface area contributed by atoms with E-state index in [9.17, 15) is 4.79 Å². The molecule has 0 saturated carbocycles. The number of halogens is 1. The molecule has 16 heavy (non-hydrogen) atoms. The average Bonchev–Trinajstić information content (AvgIpc) is 2.59. The number of hydrogen-bond donors (Lipinski definition) is 1. The fraction of sp³-hybridized carbons (Fsp3) is 0.300. The largest absolute Gasteiger partial charge is 0.350 e. The van der Waals surface area contributed by atoms with Gasteiger partial charge in [0.05, 0.1) is 17.3 Å². The molecule has 2 aromatic rings. The molecule has 1 amide bonds. The van der Waals surface area contributed by atoms with Gasteiger partial charge in [-0.2, -0.15) is 5.10 Å². The van der Waals surface area contributed by atoms with Gasteiger partial charge in [0.15, 0.2) is 0 Å². The molecule has 0 atom stereocenters. The van der Waals surface area contributed by atoms with Crippen molar-refractivity contribution < 1.29 is 4.79 Å². The quantitative estimate of drug-likeness (QED) is 0.807. The monoisotopic (exact) mass is 238 g/mol. The molecule has 6 heteroatoms. The number of fused-ring (bicyclic) bond motifs is 1. The third-order valence-corrected chi connectivity index (χ3v) is 2.25. The summed E-state index contributed by atoms with van der Waals surface area (Å²) < 4.78 is 1.52. The highest BCUT2D eigenvalue weighted by molar-refractivity contribution is 6.29. The summed E-state index contributed by atoms with van der Waals surface area (Å²) in [5, 5.41) is 7.16. The summed E-state index contributed by atoms with van der Waals surface area (Å²) in [6, 6.07) is 1.70. The Hall–Kier alpha value is -1.62. The highest BCUT2D eigenvalue weighted by Crippen LogP contribution is 2.13. The second kappa shape index (κ2) is 4.09. The van der Waals surface area contributed by atoms with E-state index in [1.165, 1.54) is 17.0 Å². The van der Waals surface area contributed by atoms with Crippen molar-refractivity contribution in [3.63, 3.8) is 0 Å². The number of hydrogen-bond acceptors (Lipinski definition) is 3. The summed E-state index contributed by atoms with van der Waals surface area (Å²) in [6.45, 7) is 3.80. The van der Waals surface area contributed by atoms with Crippen LogP contribution in [0.5, 0.6) is 0 Å². The van der Waals surface area contributed by atoms with Crippen LogP contribution in [-0.2, 0) is 0 Å². The fourth-order valence-corrected chi connectivity index (χ4v) is 1.53. The second-order valence-electron chi connectivity index (χ2n) is 3.73. The summed E-state index contributed by atoms with van der Waals surface area (Å²) in [5.74, 6) is -0.160. The van der Waals surface area contributed by atoms with Crippen molar-refractivity contribution in [1.82, 2.24) is 19.9 Å². The zero-order chi connectivity index (χ0) is 11.7. The smallest absolute Gasteiger partial charge is 0.255 e. The maximum atomic E-state index is 11.8. The van der Waals surface area contributed by atoms with Crippen LogP contribution in [0.15, 0.2) is 18.6 Å². The first-order valence-electron chi connectivity index (χ1n) is 4.87. The van der Waals surface area contributed by atoms with Gasteiger partial charge in [0.1, 0.15) is 11.5 Å². The second-order valence-corrected chi connectivity index (χ2v) is 4.12. The summed E-state index contributed by atoms with van der Waals surface area (Å²) in [7, 11) is 0. The van der Waals surface area contributed by atoms with Crippen LogP contribution in [0.4, 0.5) is 0 Å².